The molecule has 0 aromatic heterocycles. The standard InChI is InChI=1S/C16H15NO4/c1-20-13-9-5-8-12(10-13)16(19)21-14(15(17)18)11-6-3-2-4-7-11/h2-10,14H,1H3,(H2,17,18). The Morgan fingerprint density at radius 3 is 2.38 bits per heavy atom. The number of ether oxygens (including phenoxy) is 2. The molecule has 0 spiro atoms. The first-order valence-electron chi connectivity index (χ1n) is 6.31. The van der Waals surface area contributed by atoms with Crippen molar-refractivity contribution < 1.29 is 19.1 Å². The highest BCUT2D eigenvalue weighted by molar-refractivity contribution is 5.92. The summed E-state index contributed by atoms with van der Waals surface area (Å²) in [6.07, 6.45) is -1.12. The topological polar surface area (TPSA) is 78.6 Å². The van der Waals surface area contributed by atoms with Crippen LogP contribution in [0.5, 0.6) is 5.75 Å². The molecule has 0 saturated heterocycles. The largest absolute Gasteiger partial charge is 0.497 e. The van der Waals surface area contributed by atoms with Gasteiger partial charge in [-0.15, -0.1) is 0 Å². The molecule has 2 rings (SSSR count). The molecule has 2 aromatic rings. The number of rotatable bonds is 5. The molecule has 0 radical (unpaired) electrons. The fourth-order valence-corrected chi connectivity index (χ4v) is 1.84. The number of benzene rings is 2. The minimum absolute atomic E-state index is 0.288. The smallest absolute Gasteiger partial charge is 0.339 e. The highest BCUT2D eigenvalue weighted by Crippen LogP contribution is 2.20. The molecular weight excluding hydrogens is 270 g/mol. The zero-order valence-corrected chi connectivity index (χ0v) is 11.5. The van der Waals surface area contributed by atoms with Gasteiger partial charge in [-0.25, -0.2) is 4.79 Å². The Hall–Kier alpha value is -2.82. The third-order valence-corrected chi connectivity index (χ3v) is 2.89. The van der Waals surface area contributed by atoms with Gasteiger partial charge in [0.2, 0.25) is 6.10 Å². The third-order valence-electron chi connectivity index (χ3n) is 2.89. The van der Waals surface area contributed by atoms with E-state index < -0.39 is 18.0 Å². The van der Waals surface area contributed by atoms with E-state index in [1.807, 2.05) is 0 Å². The molecular formula is C16H15NO4. The molecule has 21 heavy (non-hydrogen) atoms. The van der Waals surface area contributed by atoms with E-state index in [-0.39, 0.29) is 5.56 Å². The van der Waals surface area contributed by atoms with E-state index in [1.165, 1.54) is 13.2 Å². The molecule has 0 aliphatic carbocycles. The lowest BCUT2D eigenvalue weighted by Crippen LogP contribution is -2.26. The summed E-state index contributed by atoms with van der Waals surface area (Å²) in [4.78, 5) is 23.6. The zero-order valence-electron chi connectivity index (χ0n) is 11.5. The van der Waals surface area contributed by atoms with E-state index in [0.29, 0.717) is 11.3 Å². The van der Waals surface area contributed by atoms with E-state index in [4.69, 9.17) is 15.2 Å². The van der Waals surface area contributed by atoms with Gasteiger partial charge < -0.3 is 15.2 Å². The van der Waals surface area contributed by atoms with Crippen LogP contribution in [-0.2, 0) is 9.53 Å². The molecule has 0 aliphatic rings. The third kappa shape index (κ3) is 3.60. The Labute approximate surface area is 122 Å². The Morgan fingerprint density at radius 1 is 1.05 bits per heavy atom. The molecule has 108 valence electrons. The minimum Gasteiger partial charge on any atom is -0.497 e. The van der Waals surface area contributed by atoms with Gasteiger partial charge in [-0.1, -0.05) is 36.4 Å². The molecule has 0 aliphatic heterocycles. The number of carbonyl (C=O) groups is 2. The molecule has 0 bridgehead atoms. The fourth-order valence-electron chi connectivity index (χ4n) is 1.84. The van der Waals surface area contributed by atoms with E-state index in [2.05, 4.69) is 0 Å². The lowest BCUT2D eigenvalue weighted by atomic mass is 10.1. The van der Waals surface area contributed by atoms with Crippen molar-refractivity contribution in [2.24, 2.45) is 5.73 Å². The maximum atomic E-state index is 12.1. The predicted molar refractivity (Wildman–Crippen MR) is 76.8 cm³/mol. The van der Waals surface area contributed by atoms with E-state index >= 15 is 0 Å². The van der Waals surface area contributed by atoms with Gasteiger partial charge in [0.25, 0.3) is 5.91 Å². The lowest BCUT2D eigenvalue weighted by molar-refractivity contribution is -0.127. The van der Waals surface area contributed by atoms with Crippen molar-refractivity contribution in [1.29, 1.82) is 0 Å². The van der Waals surface area contributed by atoms with Crippen LogP contribution in [0.2, 0.25) is 0 Å². The van der Waals surface area contributed by atoms with Gasteiger partial charge in [-0.05, 0) is 18.2 Å². The number of nitrogens with two attached hydrogens (primary N) is 1. The van der Waals surface area contributed by atoms with Crippen LogP contribution in [0.3, 0.4) is 0 Å². The summed E-state index contributed by atoms with van der Waals surface area (Å²) in [6, 6.07) is 15.1. The molecule has 1 atom stereocenters. The summed E-state index contributed by atoms with van der Waals surface area (Å²) < 4.78 is 10.3. The second-order valence-electron chi connectivity index (χ2n) is 4.33. The fraction of sp³-hybridized carbons (Fsp3) is 0.125. The lowest BCUT2D eigenvalue weighted by Gasteiger charge is -2.15. The monoisotopic (exact) mass is 285 g/mol. The maximum Gasteiger partial charge on any atom is 0.339 e. The summed E-state index contributed by atoms with van der Waals surface area (Å²) in [5, 5.41) is 0. The number of hydrogen-bond acceptors (Lipinski definition) is 4. The van der Waals surface area contributed by atoms with Crippen LogP contribution in [0.4, 0.5) is 0 Å². The number of hydrogen-bond donors (Lipinski definition) is 1. The van der Waals surface area contributed by atoms with Crippen molar-refractivity contribution in [2.75, 3.05) is 7.11 Å². The SMILES string of the molecule is COc1cccc(C(=O)OC(C(N)=O)c2ccccc2)c1. The Morgan fingerprint density at radius 2 is 1.76 bits per heavy atom. The Bertz CT molecular complexity index is 640. The number of esters is 1. The predicted octanol–water partition coefficient (Wildman–Crippen LogP) is 2.08. The number of amides is 1. The molecule has 1 amide bonds. The first kappa shape index (κ1) is 14.6. The van der Waals surface area contributed by atoms with Crippen LogP contribution < -0.4 is 10.5 Å². The van der Waals surface area contributed by atoms with Gasteiger partial charge in [0, 0.05) is 5.56 Å². The summed E-state index contributed by atoms with van der Waals surface area (Å²) in [6.45, 7) is 0. The minimum atomic E-state index is -1.12. The zero-order chi connectivity index (χ0) is 15.2. The van der Waals surface area contributed by atoms with Crippen molar-refractivity contribution >= 4 is 11.9 Å². The quantitative estimate of drug-likeness (QED) is 0.853. The molecule has 2 aromatic carbocycles. The van der Waals surface area contributed by atoms with Crippen LogP contribution in [0.1, 0.15) is 22.0 Å². The van der Waals surface area contributed by atoms with Crippen LogP contribution in [-0.4, -0.2) is 19.0 Å². The maximum absolute atomic E-state index is 12.1. The summed E-state index contributed by atoms with van der Waals surface area (Å²) in [5.74, 6) is -0.834. The number of methoxy groups -OCH3 is 1. The highest BCUT2D eigenvalue weighted by atomic mass is 16.5. The van der Waals surface area contributed by atoms with Crippen molar-refractivity contribution in [1.82, 2.24) is 0 Å². The first-order valence-corrected chi connectivity index (χ1v) is 6.31. The number of carbonyl (C=O) groups excluding carboxylic acids is 2. The molecule has 1 unspecified atom stereocenters. The highest BCUT2D eigenvalue weighted by Gasteiger charge is 2.23. The number of primary amides is 1. The summed E-state index contributed by atoms with van der Waals surface area (Å²) in [5.41, 5.74) is 6.13. The average Bonchev–Trinajstić information content (AvgIpc) is 2.53. The molecule has 0 saturated carbocycles. The normalized spacial score (nSPS) is 11.5. The van der Waals surface area contributed by atoms with Crippen LogP contribution in [0, 0.1) is 0 Å². The van der Waals surface area contributed by atoms with E-state index in [9.17, 15) is 9.59 Å². The molecule has 2 N–H and O–H groups in total. The van der Waals surface area contributed by atoms with Crippen LogP contribution >= 0.6 is 0 Å². The van der Waals surface area contributed by atoms with Crippen molar-refractivity contribution in [3.63, 3.8) is 0 Å². The molecule has 5 heteroatoms. The van der Waals surface area contributed by atoms with Crippen LogP contribution in [0.25, 0.3) is 0 Å². The first-order chi connectivity index (χ1) is 10.1. The molecule has 0 heterocycles. The van der Waals surface area contributed by atoms with Crippen molar-refractivity contribution in [3.05, 3.63) is 65.7 Å². The summed E-state index contributed by atoms with van der Waals surface area (Å²) >= 11 is 0. The molecule has 5 nitrogen and oxygen atoms in total. The van der Waals surface area contributed by atoms with Gasteiger partial charge in [-0.2, -0.15) is 0 Å². The van der Waals surface area contributed by atoms with Gasteiger partial charge in [0.05, 0.1) is 12.7 Å². The Balaban J connectivity index is 2.21. The summed E-state index contributed by atoms with van der Waals surface area (Å²) in [7, 11) is 1.50. The van der Waals surface area contributed by atoms with Crippen molar-refractivity contribution in [2.45, 2.75) is 6.10 Å². The van der Waals surface area contributed by atoms with Crippen molar-refractivity contribution in [3.8, 4) is 5.75 Å². The van der Waals surface area contributed by atoms with E-state index in [1.54, 1.807) is 48.5 Å². The Kier molecular flexibility index (Phi) is 4.56. The van der Waals surface area contributed by atoms with Gasteiger partial charge >= 0.3 is 5.97 Å². The molecule has 0 fully saturated rings. The van der Waals surface area contributed by atoms with E-state index in [0.717, 1.165) is 0 Å². The second kappa shape index (κ2) is 6.56. The average molecular weight is 285 g/mol. The van der Waals surface area contributed by atoms with Gasteiger partial charge in [0.1, 0.15) is 5.75 Å². The van der Waals surface area contributed by atoms with Gasteiger partial charge in [0.15, 0.2) is 0 Å². The van der Waals surface area contributed by atoms with Gasteiger partial charge in [-0.3, -0.25) is 4.79 Å². The second-order valence-corrected chi connectivity index (χ2v) is 4.33. The van der Waals surface area contributed by atoms with Crippen LogP contribution in [0.15, 0.2) is 54.6 Å².